The molecule has 0 radical (unpaired) electrons. The molecule has 10 rings (SSSR count). The summed E-state index contributed by atoms with van der Waals surface area (Å²) in [6.07, 6.45) is 0. The average molecular weight is 700 g/mol. The highest BCUT2D eigenvalue weighted by atomic mass is 15.1. The third kappa shape index (κ3) is 6.02. The van der Waals surface area contributed by atoms with Crippen LogP contribution in [-0.4, -0.2) is 0 Å². The molecule has 1 heteroatoms. The molecular weight excluding hydrogens is 663 g/mol. The van der Waals surface area contributed by atoms with E-state index in [-0.39, 0.29) is 0 Å². The van der Waals surface area contributed by atoms with Crippen molar-refractivity contribution in [3.8, 4) is 44.5 Å². The monoisotopic (exact) mass is 699 g/mol. The van der Waals surface area contributed by atoms with Crippen LogP contribution in [0.15, 0.2) is 224 Å². The lowest BCUT2D eigenvalue weighted by Crippen LogP contribution is -2.10. The first-order valence-corrected chi connectivity index (χ1v) is 18.9. The summed E-state index contributed by atoms with van der Waals surface area (Å²) in [4.78, 5) is 2.41. The van der Waals surface area contributed by atoms with Crippen LogP contribution in [-0.2, 0) is 0 Å². The van der Waals surface area contributed by atoms with Crippen molar-refractivity contribution >= 4 is 49.4 Å². The van der Waals surface area contributed by atoms with Gasteiger partial charge in [-0.3, -0.25) is 0 Å². The summed E-state index contributed by atoms with van der Waals surface area (Å²) in [5.74, 6) is 0. The first-order chi connectivity index (χ1) is 27.3. The van der Waals surface area contributed by atoms with Crippen LogP contribution < -0.4 is 4.90 Å². The Morgan fingerprint density at radius 1 is 0.236 bits per heavy atom. The first kappa shape index (κ1) is 32.4. The van der Waals surface area contributed by atoms with E-state index in [4.69, 9.17) is 0 Å². The molecule has 55 heavy (non-hydrogen) atoms. The van der Waals surface area contributed by atoms with Gasteiger partial charge in [0.2, 0.25) is 0 Å². The molecular formula is C54H37N. The van der Waals surface area contributed by atoms with Gasteiger partial charge in [-0.15, -0.1) is 0 Å². The zero-order valence-electron chi connectivity index (χ0n) is 30.3. The molecule has 0 aliphatic carbocycles. The van der Waals surface area contributed by atoms with E-state index in [2.05, 4.69) is 229 Å². The van der Waals surface area contributed by atoms with Crippen molar-refractivity contribution in [2.24, 2.45) is 0 Å². The van der Waals surface area contributed by atoms with Crippen molar-refractivity contribution in [2.45, 2.75) is 0 Å². The molecule has 0 aliphatic heterocycles. The van der Waals surface area contributed by atoms with Crippen molar-refractivity contribution < 1.29 is 0 Å². The topological polar surface area (TPSA) is 3.24 Å². The molecule has 258 valence electrons. The summed E-state index contributed by atoms with van der Waals surface area (Å²) in [6.45, 7) is 0. The van der Waals surface area contributed by atoms with Crippen LogP contribution in [0.2, 0.25) is 0 Å². The van der Waals surface area contributed by atoms with E-state index in [1.165, 1.54) is 76.8 Å². The van der Waals surface area contributed by atoms with E-state index in [1.807, 2.05) is 0 Å². The van der Waals surface area contributed by atoms with Crippen LogP contribution >= 0.6 is 0 Å². The van der Waals surface area contributed by atoms with Gasteiger partial charge in [-0.25, -0.2) is 0 Å². The second kappa shape index (κ2) is 14.0. The molecule has 0 heterocycles. The Kier molecular flexibility index (Phi) is 8.24. The van der Waals surface area contributed by atoms with Gasteiger partial charge in [-0.2, -0.15) is 0 Å². The van der Waals surface area contributed by atoms with Crippen LogP contribution in [0.1, 0.15) is 0 Å². The molecule has 0 amide bonds. The highest BCUT2D eigenvalue weighted by Crippen LogP contribution is 2.43. The molecule has 0 saturated heterocycles. The van der Waals surface area contributed by atoms with E-state index in [1.54, 1.807) is 0 Å². The lowest BCUT2D eigenvalue weighted by Gasteiger charge is -2.27. The number of benzene rings is 10. The number of rotatable bonds is 7. The van der Waals surface area contributed by atoms with Gasteiger partial charge in [0.05, 0.1) is 0 Å². The van der Waals surface area contributed by atoms with Gasteiger partial charge in [0.1, 0.15) is 0 Å². The van der Waals surface area contributed by atoms with Gasteiger partial charge in [0, 0.05) is 17.1 Å². The Morgan fingerprint density at radius 3 is 1.35 bits per heavy atom. The van der Waals surface area contributed by atoms with Gasteiger partial charge in [0.15, 0.2) is 0 Å². The molecule has 10 aromatic rings. The Labute approximate surface area is 322 Å². The maximum atomic E-state index is 2.41. The van der Waals surface area contributed by atoms with E-state index in [9.17, 15) is 0 Å². The lowest BCUT2D eigenvalue weighted by molar-refractivity contribution is 1.29. The maximum absolute atomic E-state index is 2.41. The molecule has 0 bridgehead atoms. The zero-order valence-corrected chi connectivity index (χ0v) is 30.3. The fourth-order valence-corrected chi connectivity index (χ4v) is 8.20. The number of anilines is 3. The summed E-state index contributed by atoms with van der Waals surface area (Å²) in [5, 5.41) is 7.47. The third-order valence-electron chi connectivity index (χ3n) is 10.8. The molecule has 0 atom stereocenters. The Bertz CT molecular complexity index is 2940. The summed E-state index contributed by atoms with van der Waals surface area (Å²) >= 11 is 0. The number of hydrogen-bond acceptors (Lipinski definition) is 1. The summed E-state index contributed by atoms with van der Waals surface area (Å²) in [6, 6.07) is 81.5. The smallest absolute Gasteiger partial charge is 0.0468 e. The highest BCUT2D eigenvalue weighted by molar-refractivity contribution is 6.09. The van der Waals surface area contributed by atoms with Crippen molar-refractivity contribution in [3.63, 3.8) is 0 Å². The molecule has 0 saturated carbocycles. The molecule has 0 aromatic heterocycles. The molecule has 0 unspecified atom stereocenters. The third-order valence-corrected chi connectivity index (χ3v) is 10.8. The van der Waals surface area contributed by atoms with Gasteiger partial charge < -0.3 is 4.90 Å². The van der Waals surface area contributed by atoms with Gasteiger partial charge >= 0.3 is 0 Å². The van der Waals surface area contributed by atoms with Crippen LogP contribution in [0.25, 0.3) is 76.8 Å². The van der Waals surface area contributed by atoms with Gasteiger partial charge in [-0.05, 0) is 113 Å². The molecule has 0 N–H and O–H groups in total. The Morgan fingerprint density at radius 2 is 0.691 bits per heavy atom. The predicted molar refractivity (Wildman–Crippen MR) is 235 cm³/mol. The second-order valence-corrected chi connectivity index (χ2v) is 14.1. The molecule has 10 aromatic carbocycles. The number of hydrogen-bond donors (Lipinski definition) is 0. The fourth-order valence-electron chi connectivity index (χ4n) is 8.20. The minimum absolute atomic E-state index is 1.10. The van der Waals surface area contributed by atoms with Crippen molar-refractivity contribution in [2.75, 3.05) is 4.90 Å². The average Bonchev–Trinajstić information content (AvgIpc) is 3.27. The summed E-state index contributed by atoms with van der Waals surface area (Å²) in [7, 11) is 0. The fraction of sp³-hybridized carbons (Fsp3) is 0. The zero-order chi connectivity index (χ0) is 36.6. The normalized spacial score (nSPS) is 11.3. The Balaban J connectivity index is 1.16. The van der Waals surface area contributed by atoms with Gasteiger partial charge in [-0.1, -0.05) is 188 Å². The van der Waals surface area contributed by atoms with E-state index in [0.29, 0.717) is 0 Å². The van der Waals surface area contributed by atoms with Crippen LogP contribution in [0.5, 0.6) is 0 Å². The SMILES string of the molecule is c1ccc(-c2ccc(N(c3ccc(-c4cccc5cccc(-c6ccccc6)c45)cc3)c3ccc4ccc5ccccc5c4c3)cc2-c2ccccc2)cc1. The largest absolute Gasteiger partial charge is 0.310 e. The minimum Gasteiger partial charge on any atom is -0.310 e. The first-order valence-electron chi connectivity index (χ1n) is 18.9. The van der Waals surface area contributed by atoms with Crippen molar-refractivity contribution in [1.29, 1.82) is 0 Å². The van der Waals surface area contributed by atoms with Crippen molar-refractivity contribution in [1.82, 2.24) is 0 Å². The molecule has 0 aliphatic rings. The lowest BCUT2D eigenvalue weighted by atomic mass is 9.91. The molecule has 0 spiro atoms. The molecule has 0 fully saturated rings. The number of nitrogens with zero attached hydrogens (tertiary/aromatic N) is 1. The summed E-state index contributed by atoms with van der Waals surface area (Å²) in [5.41, 5.74) is 13.0. The van der Waals surface area contributed by atoms with Crippen LogP contribution in [0.3, 0.4) is 0 Å². The quantitative estimate of drug-likeness (QED) is 0.150. The number of fused-ring (bicyclic) bond motifs is 4. The van der Waals surface area contributed by atoms with Crippen molar-refractivity contribution in [3.05, 3.63) is 224 Å². The van der Waals surface area contributed by atoms with Gasteiger partial charge in [0.25, 0.3) is 0 Å². The minimum atomic E-state index is 1.10. The highest BCUT2D eigenvalue weighted by Gasteiger charge is 2.18. The predicted octanol–water partition coefficient (Wildman–Crippen LogP) is 15.3. The van der Waals surface area contributed by atoms with Crippen LogP contribution in [0.4, 0.5) is 17.1 Å². The second-order valence-electron chi connectivity index (χ2n) is 14.1. The maximum Gasteiger partial charge on any atom is 0.0468 e. The van der Waals surface area contributed by atoms with E-state index >= 15 is 0 Å². The standard InChI is InChI=1S/C54H37N/c1-4-14-38(15-5-1)49-35-34-47(37-52(49)40-18-8-3-9-19-40)55(46-33-30-43-27-26-41-20-10-11-23-48(41)53(43)36-46)45-31-28-42(29-32-45)51-25-13-22-44-21-12-24-50(54(44)51)39-16-6-2-7-17-39/h1-37H. The Hall–Kier alpha value is -7.22. The summed E-state index contributed by atoms with van der Waals surface area (Å²) < 4.78 is 0. The van der Waals surface area contributed by atoms with E-state index < -0.39 is 0 Å². The van der Waals surface area contributed by atoms with E-state index in [0.717, 1.165) is 17.1 Å². The van der Waals surface area contributed by atoms with Crippen LogP contribution in [0, 0.1) is 0 Å². The molecule has 1 nitrogen and oxygen atoms in total.